The molecule has 0 radical (unpaired) electrons. The van der Waals surface area contributed by atoms with Gasteiger partial charge in [-0.1, -0.05) is 22.9 Å². The van der Waals surface area contributed by atoms with E-state index in [2.05, 4.69) is 28.2 Å². The van der Waals surface area contributed by atoms with Crippen LogP contribution >= 0.6 is 15.9 Å². The highest BCUT2D eigenvalue weighted by molar-refractivity contribution is 9.10. The molecule has 0 heterocycles. The van der Waals surface area contributed by atoms with E-state index >= 15 is 0 Å². The van der Waals surface area contributed by atoms with E-state index in [0.717, 1.165) is 17.4 Å². The van der Waals surface area contributed by atoms with Gasteiger partial charge in [0.2, 0.25) is 0 Å². The Morgan fingerprint density at radius 2 is 2.27 bits per heavy atom. The van der Waals surface area contributed by atoms with Gasteiger partial charge in [0.1, 0.15) is 0 Å². The van der Waals surface area contributed by atoms with Crippen molar-refractivity contribution in [2.75, 3.05) is 6.54 Å². The van der Waals surface area contributed by atoms with Crippen molar-refractivity contribution < 1.29 is 4.92 Å². The van der Waals surface area contributed by atoms with Gasteiger partial charge in [0.25, 0.3) is 5.69 Å². The predicted octanol–water partition coefficient (Wildman–Crippen LogP) is 2.86. The summed E-state index contributed by atoms with van der Waals surface area (Å²) >= 11 is 3.30. The summed E-state index contributed by atoms with van der Waals surface area (Å²) in [6, 6.07) is 4.98. The molecule has 5 heteroatoms. The lowest BCUT2D eigenvalue weighted by Gasteiger charge is -2.04. The molecule has 0 aliphatic rings. The van der Waals surface area contributed by atoms with Crippen LogP contribution in [-0.4, -0.2) is 11.5 Å². The van der Waals surface area contributed by atoms with Crippen LogP contribution in [0, 0.1) is 10.1 Å². The number of benzene rings is 1. The molecule has 1 aromatic rings. The van der Waals surface area contributed by atoms with Gasteiger partial charge in [-0.3, -0.25) is 10.1 Å². The van der Waals surface area contributed by atoms with E-state index in [-0.39, 0.29) is 10.6 Å². The maximum atomic E-state index is 10.7. The first kappa shape index (κ1) is 12.1. The lowest BCUT2D eigenvalue weighted by atomic mass is 10.2. The SMILES string of the molecule is CCCNCc1cc(Br)ccc1[N+](=O)[O-]. The molecule has 82 valence electrons. The summed E-state index contributed by atoms with van der Waals surface area (Å²) < 4.78 is 0.862. The fourth-order valence-electron chi connectivity index (χ4n) is 1.27. The van der Waals surface area contributed by atoms with Crippen LogP contribution < -0.4 is 5.32 Å². The van der Waals surface area contributed by atoms with Crippen molar-refractivity contribution >= 4 is 21.6 Å². The third kappa shape index (κ3) is 3.60. The smallest absolute Gasteiger partial charge is 0.273 e. The van der Waals surface area contributed by atoms with Crippen LogP contribution in [0.1, 0.15) is 18.9 Å². The van der Waals surface area contributed by atoms with Gasteiger partial charge in [0.05, 0.1) is 4.92 Å². The summed E-state index contributed by atoms with van der Waals surface area (Å²) in [5.74, 6) is 0. The Morgan fingerprint density at radius 1 is 1.53 bits per heavy atom. The number of nitro groups is 1. The quantitative estimate of drug-likeness (QED) is 0.510. The van der Waals surface area contributed by atoms with Crippen LogP contribution in [0.25, 0.3) is 0 Å². The van der Waals surface area contributed by atoms with Gasteiger partial charge in [-0.2, -0.15) is 0 Å². The van der Waals surface area contributed by atoms with E-state index in [0.29, 0.717) is 12.1 Å². The maximum absolute atomic E-state index is 10.7. The van der Waals surface area contributed by atoms with E-state index in [1.54, 1.807) is 12.1 Å². The zero-order chi connectivity index (χ0) is 11.3. The lowest BCUT2D eigenvalue weighted by molar-refractivity contribution is -0.385. The number of nitrogens with zero attached hydrogens (tertiary/aromatic N) is 1. The Balaban J connectivity index is 2.82. The van der Waals surface area contributed by atoms with Crippen molar-refractivity contribution in [3.63, 3.8) is 0 Å². The molecule has 0 saturated heterocycles. The van der Waals surface area contributed by atoms with E-state index in [4.69, 9.17) is 0 Å². The van der Waals surface area contributed by atoms with Crippen LogP contribution in [0.2, 0.25) is 0 Å². The standard InChI is InChI=1S/C10H13BrN2O2/c1-2-5-12-7-8-6-9(11)3-4-10(8)13(14)15/h3-4,6,12H,2,5,7H2,1H3. The summed E-state index contributed by atoms with van der Waals surface area (Å²) in [6.07, 6.45) is 1.02. The summed E-state index contributed by atoms with van der Waals surface area (Å²) in [6.45, 7) is 3.45. The van der Waals surface area contributed by atoms with E-state index in [1.165, 1.54) is 6.07 Å². The summed E-state index contributed by atoms with van der Waals surface area (Å²) in [4.78, 5) is 10.4. The molecule has 0 aromatic heterocycles. The Bertz CT molecular complexity index is 355. The number of nitrogens with one attached hydrogen (secondary N) is 1. The molecule has 0 unspecified atom stereocenters. The average molecular weight is 273 g/mol. The highest BCUT2D eigenvalue weighted by atomic mass is 79.9. The molecule has 15 heavy (non-hydrogen) atoms. The van der Waals surface area contributed by atoms with E-state index < -0.39 is 0 Å². The minimum atomic E-state index is -0.352. The third-order valence-corrected chi connectivity index (χ3v) is 2.47. The molecule has 1 N–H and O–H groups in total. The third-order valence-electron chi connectivity index (χ3n) is 1.98. The molecule has 0 aliphatic carbocycles. The van der Waals surface area contributed by atoms with Gasteiger partial charge in [-0.05, 0) is 25.1 Å². The maximum Gasteiger partial charge on any atom is 0.273 e. The highest BCUT2D eigenvalue weighted by Gasteiger charge is 2.12. The van der Waals surface area contributed by atoms with Gasteiger partial charge in [-0.15, -0.1) is 0 Å². The largest absolute Gasteiger partial charge is 0.312 e. The molecule has 0 amide bonds. The fraction of sp³-hybridized carbons (Fsp3) is 0.400. The predicted molar refractivity (Wildman–Crippen MR) is 62.8 cm³/mol. The monoisotopic (exact) mass is 272 g/mol. The number of hydrogen-bond acceptors (Lipinski definition) is 3. The van der Waals surface area contributed by atoms with Crippen molar-refractivity contribution in [1.29, 1.82) is 0 Å². The van der Waals surface area contributed by atoms with Gasteiger partial charge in [0.15, 0.2) is 0 Å². The van der Waals surface area contributed by atoms with Crippen LogP contribution in [0.3, 0.4) is 0 Å². The van der Waals surface area contributed by atoms with Crippen LogP contribution in [0.15, 0.2) is 22.7 Å². The van der Waals surface area contributed by atoms with Gasteiger partial charge in [-0.25, -0.2) is 0 Å². The Morgan fingerprint density at radius 3 is 2.87 bits per heavy atom. The van der Waals surface area contributed by atoms with Gasteiger partial charge >= 0.3 is 0 Å². The lowest BCUT2D eigenvalue weighted by Crippen LogP contribution is -2.14. The summed E-state index contributed by atoms with van der Waals surface area (Å²) in [5, 5.41) is 13.9. The molecule has 0 spiro atoms. The molecule has 1 aromatic carbocycles. The van der Waals surface area contributed by atoms with Crippen LogP contribution in [0.4, 0.5) is 5.69 Å². The van der Waals surface area contributed by atoms with Crippen molar-refractivity contribution in [1.82, 2.24) is 5.32 Å². The molecule has 0 bridgehead atoms. The minimum Gasteiger partial charge on any atom is -0.312 e. The highest BCUT2D eigenvalue weighted by Crippen LogP contribution is 2.22. The second kappa shape index (κ2) is 5.82. The second-order valence-corrected chi connectivity index (χ2v) is 4.12. The zero-order valence-electron chi connectivity index (χ0n) is 8.50. The first-order valence-corrected chi connectivity index (χ1v) is 5.58. The molecule has 4 nitrogen and oxygen atoms in total. The molecule has 0 fully saturated rings. The summed E-state index contributed by atoms with van der Waals surface area (Å²) in [7, 11) is 0. The zero-order valence-corrected chi connectivity index (χ0v) is 10.1. The average Bonchev–Trinajstić information content (AvgIpc) is 2.18. The molecular formula is C10H13BrN2O2. The van der Waals surface area contributed by atoms with E-state index in [9.17, 15) is 10.1 Å². The minimum absolute atomic E-state index is 0.168. The van der Waals surface area contributed by atoms with Crippen molar-refractivity contribution in [2.24, 2.45) is 0 Å². The molecule has 0 saturated carbocycles. The molecular weight excluding hydrogens is 260 g/mol. The second-order valence-electron chi connectivity index (χ2n) is 3.21. The Kier molecular flexibility index (Phi) is 4.71. The molecule has 0 atom stereocenters. The molecule has 1 rings (SSSR count). The van der Waals surface area contributed by atoms with Gasteiger partial charge in [0, 0.05) is 22.6 Å². The van der Waals surface area contributed by atoms with Crippen molar-refractivity contribution in [2.45, 2.75) is 19.9 Å². The normalized spacial score (nSPS) is 10.3. The fourth-order valence-corrected chi connectivity index (χ4v) is 1.68. The first-order chi connectivity index (χ1) is 7.15. The van der Waals surface area contributed by atoms with Crippen LogP contribution in [0.5, 0.6) is 0 Å². The molecule has 0 aliphatic heterocycles. The Labute approximate surface area is 97.0 Å². The first-order valence-electron chi connectivity index (χ1n) is 4.78. The number of nitro benzene ring substituents is 1. The number of hydrogen-bond donors (Lipinski definition) is 1. The Hall–Kier alpha value is -0.940. The van der Waals surface area contributed by atoms with Crippen molar-refractivity contribution in [3.8, 4) is 0 Å². The topological polar surface area (TPSA) is 55.2 Å². The van der Waals surface area contributed by atoms with Crippen molar-refractivity contribution in [3.05, 3.63) is 38.3 Å². The van der Waals surface area contributed by atoms with Gasteiger partial charge < -0.3 is 5.32 Å². The van der Waals surface area contributed by atoms with Crippen LogP contribution in [-0.2, 0) is 6.54 Å². The summed E-state index contributed by atoms with van der Waals surface area (Å²) in [5.41, 5.74) is 0.879. The number of halogens is 1. The van der Waals surface area contributed by atoms with E-state index in [1.807, 2.05) is 0 Å². The number of rotatable bonds is 5.